The van der Waals surface area contributed by atoms with E-state index >= 15 is 0 Å². The number of para-hydroxylation sites is 1. The molecule has 3 heteroatoms. The predicted octanol–water partition coefficient (Wildman–Crippen LogP) is 3.29. The van der Waals surface area contributed by atoms with Crippen molar-refractivity contribution in [2.24, 2.45) is 0 Å². The molecule has 0 aliphatic carbocycles. The summed E-state index contributed by atoms with van der Waals surface area (Å²) in [7, 11) is 0. The molecule has 1 atom stereocenters. The number of nitrogens with one attached hydrogen (secondary N) is 2. The Balaban J connectivity index is 1.70. The van der Waals surface area contributed by atoms with Crippen molar-refractivity contribution in [2.45, 2.75) is 32.4 Å². The fraction of sp³-hybridized carbons (Fsp3) is 0.353. The van der Waals surface area contributed by atoms with E-state index in [9.17, 15) is 0 Å². The van der Waals surface area contributed by atoms with Gasteiger partial charge in [-0.25, -0.2) is 0 Å². The monoisotopic (exact) mass is 267 g/mol. The number of aromatic nitrogens is 1. The molecule has 0 saturated carbocycles. The molecule has 0 bridgehead atoms. The standard InChI is InChI=1S/C17H21N3/c1-13(15-8-3-9-18-11-15)20-12-16-6-2-5-14-7-4-10-19-17(14)16/h2-3,5-6,8-9,11,13,19-20H,4,7,10,12H2,1H3/t13-/m0/s1. The zero-order chi connectivity index (χ0) is 13.8. The third-order valence-electron chi connectivity index (χ3n) is 3.94. The normalized spacial score (nSPS) is 15.2. The lowest BCUT2D eigenvalue weighted by atomic mass is 9.99. The Labute approximate surface area is 120 Å². The first-order valence-electron chi connectivity index (χ1n) is 7.32. The number of hydrogen-bond donors (Lipinski definition) is 2. The van der Waals surface area contributed by atoms with E-state index < -0.39 is 0 Å². The Bertz CT molecular complexity index is 566. The maximum Gasteiger partial charge on any atom is 0.0418 e. The SMILES string of the molecule is C[C@H](NCc1cccc2c1NCCC2)c1cccnc1. The van der Waals surface area contributed by atoms with Gasteiger partial charge in [0.2, 0.25) is 0 Å². The van der Waals surface area contributed by atoms with Gasteiger partial charge < -0.3 is 10.6 Å². The van der Waals surface area contributed by atoms with Crippen LogP contribution in [0.4, 0.5) is 5.69 Å². The topological polar surface area (TPSA) is 37.0 Å². The molecular formula is C17H21N3. The maximum absolute atomic E-state index is 4.18. The Kier molecular flexibility index (Phi) is 3.97. The number of benzene rings is 1. The van der Waals surface area contributed by atoms with Gasteiger partial charge in [0.25, 0.3) is 0 Å². The lowest BCUT2D eigenvalue weighted by Gasteiger charge is -2.22. The molecule has 104 valence electrons. The van der Waals surface area contributed by atoms with Crippen LogP contribution in [0.3, 0.4) is 0 Å². The van der Waals surface area contributed by atoms with Gasteiger partial charge in [0.15, 0.2) is 0 Å². The third kappa shape index (κ3) is 2.83. The second-order valence-corrected chi connectivity index (χ2v) is 5.37. The van der Waals surface area contributed by atoms with Crippen LogP contribution in [0, 0.1) is 0 Å². The van der Waals surface area contributed by atoms with Crippen LogP contribution >= 0.6 is 0 Å². The van der Waals surface area contributed by atoms with Crippen LogP contribution < -0.4 is 10.6 Å². The van der Waals surface area contributed by atoms with Crippen molar-refractivity contribution in [3.63, 3.8) is 0 Å². The molecule has 1 aromatic carbocycles. The summed E-state index contributed by atoms with van der Waals surface area (Å²) in [6, 6.07) is 11.0. The van der Waals surface area contributed by atoms with Crippen molar-refractivity contribution in [2.75, 3.05) is 11.9 Å². The summed E-state index contributed by atoms with van der Waals surface area (Å²) in [5.41, 5.74) is 5.37. The lowest BCUT2D eigenvalue weighted by Crippen LogP contribution is -2.21. The number of nitrogens with zero attached hydrogens (tertiary/aromatic N) is 1. The molecule has 1 aliphatic heterocycles. The summed E-state index contributed by atoms with van der Waals surface area (Å²) in [6.45, 7) is 4.15. The van der Waals surface area contributed by atoms with E-state index in [1.807, 2.05) is 18.5 Å². The van der Waals surface area contributed by atoms with Crippen LogP contribution in [-0.4, -0.2) is 11.5 Å². The van der Waals surface area contributed by atoms with E-state index in [0.717, 1.165) is 13.1 Å². The maximum atomic E-state index is 4.18. The van der Waals surface area contributed by atoms with Gasteiger partial charge in [0.05, 0.1) is 0 Å². The third-order valence-corrected chi connectivity index (χ3v) is 3.94. The fourth-order valence-electron chi connectivity index (χ4n) is 2.74. The van der Waals surface area contributed by atoms with Gasteiger partial charge in [-0.15, -0.1) is 0 Å². The van der Waals surface area contributed by atoms with Gasteiger partial charge in [-0.3, -0.25) is 4.98 Å². The Morgan fingerprint density at radius 3 is 3.10 bits per heavy atom. The van der Waals surface area contributed by atoms with Crippen LogP contribution in [0.1, 0.15) is 36.1 Å². The molecule has 1 aliphatic rings. The van der Waals surface area contributed by atoms with Gasteiger partial charge >= 0.3 is 0 Å². The van der Waals surface area contributed by atoms with Gasteiger partial charge in [0, 0.05) is 37.2 Å². The minimum atomic E-state index is 0.308. The number of hydrogen-bond acceptors (Lipinski definition) is 3. The van der Waals surface area contributed by atoms with E-state index in [4.69, 9.17) is 0 Å². The predicted molar refractivity (Wildman–Crippen MR) is 82.7 cm³/mol. The highest BCUT2D eigenvalue weighted by atomic mass is 14.9. The molecule has 1 aromatic heterocycles. The van der Waals surface area contributed by atoms with Crippen molar-refractivity contribution in [3.8, 4) is 0 Å². The van der Waals surface area contributed by atoms with E-state index in [-0.39, 0.29) is 0 Å². The van der Waals surface area contributed by atoms with Gasteiger partial charge in [-0.05, 0) is 42.5 Å². The van der Waals surface area contributed by atoms with Gasteiger partial charge in [0.1, 0.15) is 0 Å². The fourth-order valence-corrected chi connectivity index (χ4v) is 2.74. The molecule has 0 spiro atoms. The highest BCUT2D eigenvalue weighted by Gasteiger charge is 2.13. The van der Waals surface area contributed by atoms with Crippen LogP contribution in [0.5, 0.6) is 0 Å². The highest BCUT2D eigenvalue weighted by Crippen LogP contribution is 2.26. The summed E-state index contributed by atoms with van der Waals surface area (Å²) < 4.78 is 0. The van der Waals surface area contributed by atoms with Crippen molar-refractivity contribution >= 4 is 5.69 Å². The molecule has 3 rings (SSSR count). The summed E-state index contributed by atoms with van der Waals surface area (Å²) in [6.07, 6.45) is 6.16. The van der Waals surface area contributed by atoms with Crippen LogP contribution in [0.25, 0.3) is 0 Å². The zero-order valence-electron chi connectivity index (χ0n) is 11.9. The van der Waals surface area contributed by atoms with Crippen LogP contribution in [0.2, 0.25) is 0 Å². The summed E-state index contributed by atoms with van der Waals surface area (Å²) in [5, 5.41) is 7.13. The molecule has 2 N–H and O–H groups in total. The molecular weight excluding hydrogens is 246 g/mol. The van der Waals surface area contributed by atoms with Gasteiger partial charge in [-0.2, -0.15) is 0 Å². The first kappa shape index (κ1) is 13.1. The minimum absolute atomic E-state index is 0.308. The summed E-state index contributed by atoms with van der Waals surface area (Å²) in [5.74, 6) is 0. The van der Waals surface area contributed by atoms with Crippen molar-refractivity contribution in [1.29, 1.82) is 0 Å². The Morgan fingerprint density at radius 2 is 2.25 bits per heavy atom. The van der Waals surface area contributed by atoms with E-state index in [1.165, 1.54) is 35.2 Å². The molecule has 0 amide bonds. The molecule has 0 saturated heterocycles. The quantitative estimate of drug-likeness (QED) is 0.892. The lowest BCUT2D eigenvalue weighted by molar-refractivity contribution is 0.572. The van der Waals surface area contributed by atoms with E-state index in [2.05, 4.69) is 46.8 Å². The zero-order valence-corrected chi connectivity index (χ0v) is 11.9. The van der Waals surface area contributed by atoms with Crippen molar-refractivity contribution < 1.29 is 0 Å². The number of rotatable bonds is 4. The first-order chi connectivity index (χ1) is 9.84. The van der Waals surface area contributed by atoms with Crippen molar-refractivity contribution in [1.82, 2.24) is 10.3 Å². The summed E-state index contributed by atoms with van der Waals surface area (Å²) in [4.78, 5) is 4.18. The average Bonchev–Trinajstić information content (AvgIpc) is 2.53. The highest BCUT2D eigenvalue weighted by molar-refractivity contribution is 5.59. The van der Waals surface area contributed by atoms with Crippen LogP contribution in [-0.2, 0) is 13.0 Å². The molecule has 0 fully saturated rings. The largest absolute Gasteiger partial charge is 0.385 e. The molecule has 3 nitrogen and oxygen atoms in total. The molecule has 2 heterocycles. The second kappa shape index (κ2) is 6.06. The van der Waals surface area contributed by atoms with Crippen LogP contribution in [0.15, 0.2) is 42.7 Å². The Morgan fingerprint density at radius 1 is 1.30 bits per heavy atom. The van der Waals surface area contributed by atoms with E-state index in [0.29, 0.717) is 6.04 Å². The molecule has 0 unspecified atom stereocenters. The average molecular weight is 267 g/mol. The second-order valence-electron chi connectivity index (χ2n) is 5.37. The smallest absolute Gasteiger partial charge is 0.0418 e. The Hall–Kier alpha value is -1.87. The van der Waals surface area contributed by atoms with Crippen molar-refractivity contribution in [3.05, 3.63) is 59.4 Å². The first-order valence-corrected chi connectivity index (χ1v) is 7.32. The molecule has 20 heavy (non-hydrogen) atoms. The number of anilines is 1. The van der Waals surface area contributed by atoms with E-state index in [1.54, 1.807) is 0 Å². The number of fused-ring (bicyclic) bond motifs is 1. The minimum Gasteiger partial charge on any atom is -0.385 e. The molecule has 2 aromatic rings. The van der Waals surface area contributed by atoms with Gasteiger partial charge in [-0.1, -0.05) is 24.3 Å². The summed E-state index contributed by atoms with van der Waals surface area (Å²) >= 11 is 0. The number of aryl methyl sites for hydroxylation is 1. The number of pyridine rings is 1. The molecule has 0 radical (unpaired) electrons.